The molecule has 1 heterocycles. The van der Waals surface area contributed by atoms with Crippen LogP contribution in [-0.4, -0.2) is 12.2 Å². The summed E-state index contributed by atoms with van der Waals surface area (Å²) in [6.45, 7) is 3.15. The van der Waals surface area contributed by atoms with E-state index in [1.54, 1.807) is 0 Å². The molecule has 62 valence electrons. The average Bonchev–Trinajstić information content (AvgIpc) is 2.55. The van der Waals surface area contributed by atoms with Crippen molar-refractivity contribution < 1.29 is 35.7 Å². The Hall–Kier alpha value is 0.440. The van der Waals surface area contributed by atoms with Crippen LogP contribution in [0.5, 0.6) is 0 Å². The summed E-state index contributed by atoms with van der Waals surface area (Å²) in [5, 5.41) is 0. The van der Waals surface area contributed by atoms with Gasteiger partial charge in [0.2, 0.25) is 0 Å². The van der Waals surface area contributed by atoms with Crippen molar-refractivity contribution in [1.29, 1.82) is 0 Å². The molecule has 0 amide bonds. The van der Waals surface area contributed by atoms with Crippen molar-refractivity contribution in [2.45, 2.75) is 31.8 Å². The van der Waals surface area contributed by atoms with Gasteiger partial charge in [-0.1, -0.05) is 18.2 Å². The van der Waals surface area contributed by atoms with Gasteiger partial charge in [-0.2, -0.15) is 0 Å². The number of ether oxygens (including phenoxy) is 1. The van der Waals surface area contributed by atoms with Crippen molar-refractivity contribution in [3.05, 3.63) is 23.8 Å². The molecule has 0 bridgehead atoms. The van der Waals surface area contributed by atoms with Gasteiger partial charge in [-0.15, -0.1) is 0 Å². The van der Waals surface area contributed by atoms with Crippen molar-refractivity contribution in [1.82, 2.24) is 0 Å². The minimum absolute atomic E-state index is 0. The van der Waals surface area contributed by atoms with E-state index in [1.807, 2.05) is 0 Å². The zero-order valence-electron chi connectivity index (χ0n) is 8.97. The van der Waals surface area contributed by atoms with Gasteiger partial charge in [0, 0.05) is 6.61 Å². The van der Waals surface area contributed by atoms with Crippen molar-refractivity contribution in [2.24, 2.45) is 0 Å². The zero-order valence-corrected chi connectivity index (χ0v) is 9.97. The molecule has 2 heteroatoms. The van der Waals surface area contributed by atoms with Crippen LogP contribution in [0.25, 0.3) is 0 Å². The second-order valence-corrected chi connectivity index (χ2v) is 3.51. The molecular formula is C10H15NaO. The zero-order chi connectivity index (χ0) is 7.73. The summed E-state index contributed by atoms with van der Waals surface area (Å²) >= 11 is 0. The standard InChI is InChI=1S/C10H14O.Na.H/c1-10(7-4-8-11-10)9-5-2-3-6-9;;/h2-3,5H,4,6-8H2,1H3;;/q;+1;-1. The molecular weight excluding hydrogens is 159 g/mol. The molecule has 0 aromatic rings. The Bertz CT molecular complexity index is 217. The van der Waals surface area contributed by atoms with Crippen LogP contribution in [-0.2, 0) is 4.74 Å². The van der Waals surface area contributed by atoms with Gasteiger partial charge in [-0.25, -0.2) is 0 Å². The van der Waals surface area contributed by atoms with E-state index in [0.717, 1.165) is 13.0 Å². The van der Waals surface area contributed by atoms with Crippen LogP contribution in [0.2, 0.25) is 0 Å². The fourth-order valence-corrected chi connectivity index (χ4v) is 1.87. The molecule has 1 atom stereocenters. The van der Waals surface area contributed by atoms with Gasteiger partial charge >= 0.3 is 29.6 Å². The van der Waals surface area contributed by atoms with Gasteiger partial charge in [-0.05, 0) is 31.8 Å². The van der Waals surface area contributed by atoms with Crippen molar-refractivity contribution in [2.75, 3.05) is 6.61 Å². The first kappa shape index (κ1) is 10.5. The largest absolute Gasteiger partial charge is 1.00 e. The quantitative estimate of drug-likeness (QED) is 0.490. The Morgan fingerprint density at radius 2 is 2.42 bits per heavy atom. The van der Waals surface area contributed by atoms with E-state index < -0.39 is 0 Å². The maximum Gasteiger partial charge on any atom is 1.00 e. The summed E-state index contributed by atoms with van der Waals surface area (Å²) < 4.78 is 5.72. The van der Waals surface area contributed by atoms with Gasteiger partial charge in [0.1, 0.15) is 0 Å². The monoisotopic (exact) mass is 174 g/mol. The van der Waals surface area contributed by atoms with E-state index in [9.17, 15) is 0 Å². The Labute approximate surface area is 97.6 Å². The molecule has 2 rings (SSSR count). The normalized spacial score (nSPS) is 33.2. The van der Waals surface area contributed by atoms with Crippen LogP contribution < -0.4 is 29.6 Å². The molecule has 0 saturated carbocycles. The summed E-state index contributed by atoms with van der Waals surface area (Å²) in [4.78, 5) is 0. The van der Waals surface area contributed by atoms with E-state index in [4.69, 9.17) is 4.74 Å². The molecule has 1 nitrogen and oxygen atoms in total. The van der Waals surface area contributed by atoms with Gasteiger partial charge in [0.05, 0.1) is 5.60 Å². The summed E-state index contributed by atoms with van der Waals surface area (Å²) in [6.07, 6.45) is 10.0. The van der Waals surface area contributed by atoms with Gasteiger partial charge in [0.15, 0.2) is 0 Å². The third-order valence-corrected chi connectivity index (χ3v) is 2.67. The maximum atomic E-state index is 5.72. The third kappa shape index (κ3) is 1.85. The van der Waals surface area contributed by atoms with Gasteiger partial charge in [-0.3, -0.25) is 0 Å². The predicted octanol–water partition coefficient (Wildman–Crippen LogP) is -0.442. The first-order chi connectivity index (χ1) is 5.31. The number of hydrogen-bond donors (Lipinski definition) is 0. The van der Waals surface area contributed by atoms with Crippen molar-refractivity contribution >= 4 is 0 Å². The number of hydrogen-bond acceptors (Lipinski definition) is 1. The van der Waals surface area contributed by atoms with Crippen LogP contribution in [0, 0.1) is 0 Å². The molecule has 1 aliphatic heterocycles. The second-order valence-electron chi connectivity index (χ2n) is 3.51. The molecule has 2 aliphatic rings. The second kappa shape index (κ2) is 4.10. The Balaban J connectivity index is 0.000000720. The average molecular weight is 174 g/mol. The van der Waals surface area contributed by atoms with Gasteiger partial charge in [0.25, 0.3) is 0 Å². The van der Waals surface area contributed by atoms with Crippen LogP contribution >= 0.6 is 0 Å². The van der Waals surface area contributed by atoms with E-state index in [2.05, 4.69) is 25.2 Å². The molecule has 12 heavy (non-hydrogen) atoms. The molecule has 0 spiro atoms. The SMILES string of the molecule is CC1(C2=CC=CC2)CCCO1.[H-].[Na+]. The summed E-state index contributed by atoms with van der Waals surface area (Å²) in [5.74, 6) is 0. The molecule has 0 radical (unpaired) electrons. The topological polar surface area (TPSA) is 9.23 Å². The first-order valence-corrected chi connectivity index (χ1v) is 4.31. The minimum atomic E-state index is 0. The maximum absolute atomic E-state index is 5.72. The number of allylic oxidation sites excluding steroid dienone is 3. The van der Waals surface area contributed by atoms with E-state index in [0.29, 0.717) is 0 Å². The molecule has 0 aromatic carbocycles. The van der Waals surface area contributed by atoms with Crippen molar-refractivity contribution in [3.8, 4) is 0 Å². The molecule has 1 fully saturated rings. The number of rotatable bonds is 1. The fourth-order valence-electron chi connectivity index (χ4n) is 1.87. The molecule has 0 N–H and O–H groups in total. The predicted molar refractivity (Wildman–Crippen MR) is 46.5 cm³/mol. The Morgan fingerprint density at radius 3 is 2.92 bits per heavy atom. The van der Waals surface area contributed by atoms with Crippen LogP contribution in [0.15, 0.2) is 23.8 Å². The van der Waals surface area contributed by atoms with E-state index in [1.165, 1.54) is 18.4 Å². The van der Waals surface area contributed by atoms with Crippen molar-refractivity contribution in [3.63, 3.8) is 0 Å². The molecule has 1 unspecified atom stereocenters. The molecule has 0 aromatic heterocycles. The summed E-state index contributed by atoms with van der Waals surface area (Å²) in [7, 11) is 0. The fraction of sp³-hybridized carbons (Fsp3) is 0.600. The first-order valence-electron chi connectivity index (χ1n) is 4.31. The van der Waals surface area contributed by atoms with Crippen LogP contribution in [0.1, 0.15) is 27.6 Å². The summed E-state index contributed by atoms with van der Waals surface area (Å²) in [6, 6.07) is 0. The van der Waals surface area contributed by atoms with E-state index in [-0.39, 0.29) is 36.6 Å². The smallest absolute Gasteiger partial charge is 1.00 e. The van der Waals surface area contributed by atoms with Gasteiger partial charge < -0.3 is 6.16 Å². The van der Waals surface area contributed by atoms with Crippen LogP contribution in [0.3, 0.4) is 0 Å². The Kier molecular flexibility index (Phi) is 3.59. The van der Waals surface area contributed by atoms with Crippen LogP contribution in [0.4, 0.5) is 0 Å². The third-order valence-electron chi connectivity index (χ3n) is 2.67. The molecule has 1 saturated heterocycles. The minimum Gasteiger partial charge on any atom is -1.00 e. The van der Waals surface area contributed by atoms with E-state index >= 15 is 0 Å². The molecule has 1 aliphatic carbocycles. The summed E-state index contributed by atoms with van der Waals surface area (Å²) in [5.41, 5.74) is 1.53. The Morgan fingerprint density at radius 1 is 1.58 bits per heavy atom.